The molecule has 0 aliphatic rings. The maximum absolute atomic E-state index is 12.7. The normalized spacial score (nSPS) is 10.6. The number of carbonyl (C=O) groups is 1. The lowest BCUT2D eigenvalue weighted by Gasteiger charge is -2.04. The number of hydrogen-bond acceptors (Lipinski definition) is 6. The summed E-state index contributed by atoms with van der Waals surface area (Å²) in [5.74, 6) is -0.220. The molecular weight excluding hydrogens is 385 g/mol. The van der Waals surface area contributed by atoms with E-state index in [1.807, 2.05) is 24.3 Å². The fraction of sp³-hybridized carbons (Fsp3) is 0. The number of nitrogens with one attached hydrogen (secondary N) is 1. The molecule has 0 amide bonds. The van der Waals surface area contributed by atoms with Crippen LogP contribution in [-0.4, -0.2) is 10.8 Å². The first-order valence-corrected chi connectivity index (χ1v) is 8.78. The molecule has 0 bridgehead atoms. The Bertz CT molecular complexity index is 907. The predicted octanol–water partition coefficient (Wildman–Crippen LogP) is 5.30. The van der Waals surface area contributed by atoms with Crippen LogP contribution in [0.2, 0.25) is 10.0 Å². The van der Waals surface area contributed by atoms with Crippen LogP contribution in [0.15, 0.2) is 47.4 Å². The summed E-state index contributed by atoms with van der Waals surface area (Å²) < 4.78 is 0. The van der Waals surface area contributed by atoms with Gasteiger partial charge in [0.2, 0.25) is 5.78 Å². The lowest BCUT2D eigenvalue weighted by molar-refractivity contribution is 0.104. The van der Waals surface area contributed by atoms with Gasteiger partial charge >= 0.3 is 0 Å². The van der Waals surface area contributed by atoms with Crippen molar-refractivity contribution in [1.82, 2.24) is 4.98 Å². The molecule has 2 aromatic carbocycles. The monoisotopic (exact) mass is 395 g/mol. The molecule has 1 aromatic heterocycles. The molecule has 1 heterocycles. The molecule has 3 N–H and O–H groups in total. The van der Waals surface area contributed by atoms with Gasteiger partial charge in [0.15, 0.2) is 5.13 Å². The second-order valence-electron chi connectivity index (χ2n) is 4.83. The minimum atomic E-state index is -0.350. The first kappa shape index (κ1) is 17.1. The summed E-state index contributed by atoms with van der Waals surface area (Å²) in [6, 6.07) is 12.3. The van der Waals surface area contributed by atoms with Gasteiger partial charge in [-0.2, -0.15) is 0 Å². The summed E-state index contributed by atoms with van der Waals surface area (Å²) >= 11 is 17.6. The standard InChI is InChI=1S/C16H11Cl2N3OS2/c17-10-5-2-6-11(18)12(10)13(22)14-15(19)21-16(24-14)20-8-3-1-4-9(23)7-8/h1-7,23H,19H2,(H,20,21). The molecule has 0 saturated carbocycles. The SMILES string of the molecule is Nc1nc(Nc2cccc(S)c2)sc1C(=O)c1c(Cl)cccc1Cl. The highest BCUT2D eigenvalue weighted by Crippen LogP contribution is 2.34. The largest absolute Gasteiger partial charge is 0.382 e. The van der Waals surface area contributed by atoms with E-state index in [0.29, 0.717) is 5.13 Å². The highest BCUT2D eigenvalue weighted by molar-refractivity contribution is 7.80. The second kappa shape index (κ2) is 7.03. The first-order valence-electron chi connectivity index (χ1n) is 6.77. The fourth-order valence-corrected chi connectivity index (χ4v) is 3.73. The minimum Gasteiger partial charge on any atom is -0.382 e. The minimum absolute atomic E-state index is 0.130. The number of hydrogen-bond donors (Lipinski definition) is 3. The van der Waals surface area contributed by atoms with Crippen molar-refractivity contribution in [1.29, 1.82) is 0 Å². The second-order valence-corrected chi connectivity index (χ2v) is 7.16. The van der Waals surface area contributed by atoms with Gasteiger partial charge in [0.1, 0.15) is 10.7 Å². The number of thiazole rings is 1. The van der Waals surface area contributed by atoms with Crippen LogP contribution in [0, 0.1) is 0 Å². The zero-order chi connectivity index (χ0) is 17.3. The van der Waals surface area contributed by atoms with Crippen molar-refractivity contribution in [3.8, 4) is 0 Å². The van der Waals surface area contributed by atoms with Crippen molar-refractivity contribution in [3.63, 3.8) is 0 Å². The van der Waals surface area contributed by atoms with Crippen molar-refractivity contribution < 1.29 is 4.79 Å². The number of aromatic nitrogens is 1. The molecule has 0 atom stereocenters. The van der Waals surface area contributed by atoms with E-state index in [0.717, 1.165) is 21.9 Å². The van der Waals surface area contributed by atoms with Gasteiger partial charge in [-0.1, -0.05) is 46.7 Å². The molecule has 0 aliphatic heterocycles. The van der Waals surface area contributed by atoms with E-state index in [2.05, 4.69) is 22.9 Å². The Morgan fingerprint density at radius 2 is 1.83 bits per heavy atom. The molecule has 0 unspecified atom stereocenters. The maximum atomic E-state index is 12.7. The number of benzene rings is 2. The molecule has 0 aliphatic carbocycles. The van der Waals surface area contributed by atoms with E-state index in [1.54, 1.807) is 18.2 Å². The van der Waals surface area contributed by atoms with E-state index in [4.69, 9.17) is 28.9 Å². The van der Waals surface area contributed by atoms with Gasteiger partial charge in [-0.25, -0.2) is 4.98 Å². The van der Waals surface area contributed by atoms with E-state index in [9.17, 15) is 4.79 Å². The fourth-order valence-electron chi connectivity index (χ4n) is 2.08. The number of thiol groups is 1. The van der Waals surface area contributed by atoms with Crippen molar-refractivity contribution in [2.75, 3.05) is 11.1 Å². The molecule has 0 radical (unpaired) electrons. The first-order chi connectivity index (χ1) is 11.5. The smallest absolute Gasteiger partial charge is 0.209 e. The number of nitrogen functional groups attached to an aromatic ring is 1. The van der Waals surface area contributed by atoms with E-state index >= 15 is 0 Å². The average Bonchev–Trinajstić information content (AvgIpc) is 2.87. The Morgan fingerprint density at radius 1 is 1.17 bits per heavy atom. The number of nitrogens with zero attached hydrogens (tertiary/aromatic N) is 1. The molecular formula is C16H11Cl2N3OS2. The number of carbonyl (C=O) groups excluding carboxylic acids is 1. The molecule has 0 spiro atoms. The zero-order valence-corrected chi connectivity index (χ0v) is 15.3. The third-order valence-electron chi connectivity index (χ3n) is 3.15. The quantitative estimate of drug-likeness (QED) is 0.414. The van der Waals surface area contributed by atoms with Crippen LogP contribution in [0.3, 0.4) is 0 Å². The van der Waals surface area contributed by atoms with Crippen molar-refractivity contribution in [2.24, 2.45) is 0 Å². The third-order valence-corrected chi connectivity index (χ3v) is 5.04. The highest BCUT2D eigenvalue weighted by Gasteiger charge is 2.22. The lowest BCUT2D eigenvalue weighted by atomic mass is 10.1. The van der Waals surface area contributed by atoms with Gasteiger partial charge in [-0.15, -0.1) is 12.6 Å². The average molecular weight is 396 g/mol. The van der Waals surface area contributed by atoms with Crippen LogP contribution in [0.5, 0.6) is 0 Å². The summed E-state index contributed by atoms with van der Waals surface area (Å²) in [4.78, 5) is 18.0. The van der Waals surface area contributed by atoms with Crippen molar-refractivity contribution >= 4 is 69.6 Å². The van der Waals surface area contributed by atoms with E-state index < -0.39 is 0 Å². The molecule has 4 nitrogen and oxygen atoms in total. The van der Waals surface area contributed by atoms with Gasteiger partial charge < -0.3 is 11.1 Å². The van der Waals surface area contributed by atoms with E-state index in [1.165, 1.54) is 0 Å². The molecule has 8 heteroatoms. The Balaban J connectivity index is 1.93. The van der Waals surface area contributed by atoms with Crippen LogP contribution < -0.4 is 11.1 Å². The molecule has 24 heavy (non-hydrogen) atoms. The molecule has 3 aromatic rings. The summed E-state index contributed by atoms with van der Waals surface area (Å²) in [6.45, 7) is 0. The summed E-state index contributed by atoms with van der Waals surface area (Å²) in [7, 11) is 0. The van der Waals surface area contributed by atoms with Gasteiger partial charge in [0.25, 0.3) is 0 Å². The Labute approximate surface area is 158 Å². The highest BCUT2D eigenvalue weighted by atomic mass is 35.5. The number of ketones is 1. The van der Waals surface area contributed by atoms with Crippen LogP contribution >= 0.6 is 47.2 Å². The van der Waals surface area contributed by atoms with Crippen molar-refractivity contribution in [2.45, 2.75) is 4.90 Å². The molecule has 3 rings (SSSR count). The van der Waals surface area contributed by atoms with Crippen LogP contribution in [-0.2, 0) is 0 Å². The van der Waals surface area contributed by atoms with Crippen LogP contribution in [0.4, 0.5) is 16.6 Å². The lowest BCUT2D eigenvalue weighted by Crippen LogP contribution is -2.04. The van der Waals surface area contributed by atoms with Crippen LogP contribution in [0.1, 0.15) is 15.2 Å². The molecule has 122 valence electrons. The summed E-state index contributed by atoms with van der Waals surface area (Å²) in [5.41, 5.74) is 6.92. The zero-order valence-electron chi connectivity index (χ0n) is 12.1. The van der Waals surface area contributed by atoms with Gasteiger partial charge in [0.05, 0.1) is 15.6 Å². The number of anilines is 3. The number of nitrogens with two attached hydrogens (primary N) is 1. The molecule has 0 saturated heterocycles. The third kappa shape index (κ3) is 3.52. The Kier molecular flexibility index (Phi) is 5.01. The topological polar surface area (TPSA) is 68.0 Å². The molecule has 0 fully saturated rings. The maximum Gasteiger partial charge on any atom is 0.209 e. The van der Waals surface area contributed by atoms with Crippen LogP contribution in [0.25, 0.3) is 0 Å². The van der Waals surface area contributed by atoms with Gasteiger partial charge in [-0.3, -0.25) is 4.79 Å². The number of halogens is 2. The summed E-state index contributed by atoms with van der Waals surface area (Å²) in [5, 5.41) is 4.15. The Hall–Kier alpha value is -1.73. The Morgan fingerprint density at radius 3 is 2.50 bits per heavy atom. The van der Waals surface area contributed by atoms with Gasteiger partial charge in [-0.05, 0) is 30.3 Å². The summed E-state index contributed by atoms with van der Waals surface area (Å²) in [6.07, 6.45) is 0. The van der Waals surface area contributed by atoms with Crippen molar-refractivity contribution in [3.05, 3.63) is 63.0 Å². The predicted molar refractivity (Wildman–Crippen MR) is 103 cm³/mol. The van der Waals surface area contributed by atoms with E-state index in [-0.39, 0.29) is 32.1 Å². The number of rotatable bonds is 4. The van der Waals surface area contributed by atoms with Gasteiger partial charge in [0, 0.05) is 10.6 Å².